The molecule has 2 aromatic rings. The summed E-state index contributed by atoms with van der Waals surface area (Å²) in [5, 5.41) is 11.3. The Hall–Kier alpha value is -2.36. The van der Waals surface area contributed by atoms with Gasteiger partial charge >= 0.3 is 0 Å². The Morgan fingerprint density at radius 3 is 2.82 bits per heavy atom. The van der Waals surface area contributed by atoms with Gasteiger partial charge in [-0.05, 0) is 38.2 Å². The van der Waals surface area contributed by atoms with Gasteiger partial charge in [0.15, 0.2) is 0 Å². The Morgan fingerprint density at radius 2 is 2.05 bits per heavy atom. The van der Waals surface area contributed by atoms with E-state index < -0.39 is 0 Å². The van der Waals surface area contributed by atoms with Crippen molar-refractivity contribution in [3.63, 3.8) is 0 Å². The van der Waals surface area contributed by atoms with E-state index in [0.717, 1.165) is 11.8 Å². The van der Waals surface area contributed by atoms with Crippen LogP contribution >= 0.6 is 0 Å². The number of aliphatic imine (C=N–C) groups is 1. The number of aromatic hydroxyl groups is 1. The number of aromatic amines is 1. The van der Waals surface area contributed by atoms with Crippen molar-refractivity contribution in [2.75, 3.05) is 6.54 Å². The molecule has 1 aromatic carbocycles. The maximum absolute atomic E-state index is 11.8. The van der Waals surface area contributed by atoms with E-state index in [1.165, 1.54) is 31.3 Å². The van der Waals surface area contributed by atoms with E-state index >= 15 is 0 Å². The first-order chi connectivity index (χ1) is 10.8. The molecule has 0 unspecified atom stereocenters. The third kappa shape index (κ3) is 3.11. The maximum Gasteiger partial charge on any atom is 0.258 e. The Morgan fingerprint density at radius 1 is 1.23 bits per heavy atom. The zero-order valence-corrected chi connectivity index (χ0v) is 12.5. The van der Waals surface area contributed by atoms with E-state index in [-0.39, 0.29) is 11.4 Å². The van der Waals surface area contributed by atoms with Gasteiger partial charge in [0.1, 0.15) is 0 Å². The molecule has 0 radical (unpaired) electrons. The molecule has 0 atom stereocenters. The lowest BCUT2D eigenvalue weighted by molar-refractivity contribution is 0.452. The van der Waals surface area contributed by atoms with Gasteiger partial charge in [-0.1, -0.05) is 29.8 Å². The monoisotopic (exact) mass is 296 g/mol. The first-order valence-corrected chi connectivity index (χ1v) is 7.77. The van der Waals surface area contributed by atoms with Gasteiger partial charge in [0.2, 0.25) is 5.88 Å². The Bertz CT molecular complexity index is 787. The molecule has 3 rings (SSSR count). The number of benzene rings is 1. The number of nitrogens with one attached hydrogen (secondary N) is 1. The Balaban J connectivity index is 1.80. The number of aromatic nitrogens is 1. The third-order valence-corrected chi connectivity index (χ3v) is 4.12. The summed E-state index contributed by atoms with van der Waals surface area (Å²) in [5.41, 5.74) is 1.78. The van der Waals surface area contributed by atoms with E-state index in [1.54, 1.807) is 12.3 Å². The molecule has 114 valence electrons. The van der Waals surface area contributed by atoms with Crippen molar-refractivity contribution < 1.29 is 5.11 Å². The SMILES string of the molecule is O=c1[nH]c(O)c(C=NCCC2=CCCCC2)c2ccccc12. The minimum absolute atomic E-state index is 0.121. The molecule has 0 aliphatic heterocycles. The predicted molar refractivity (Wildman–Crippen MR) is 89.9 cm³/mol. The number of hydrogen-bond donors (Lipinski definition) is 2. The molecule has 0 fully saturated rings. The van der Waals surface area contributed by atoms with Gasteiger partial charge in [0, 0.05) is 23.5 Å². The van der Waals surface area contributed by atoms with Crippen LogP contribution in [0.2, 0.25) is 0 Å². The number of H-pyrrole nitrogens is 1. The molecule has 0 saturated heterocycles. The Kier molecular flexibility index (Phi) is 4.37. The lowest BCUT2D eigenvalue weighted by Crippen LogP contribution is -2.08. The minimum atomic E-state index is -0.280. The molecule has 0 bridgehead atoms. The first-order valence-electron chi connectivity index (χ1n) is 7.77. The molecule has 2 N–H and O–H groups in total. The standard InChI is InChI=1S/C18H20N2O2/c21-17-15-9-5-4-8-14(15)16(18(22)20-17)12-19-11-10-13-6-2-1-3-7-13/h4-6,8-9,12H,1-3,7,10-11H2,(H2,20,21,22). The molecular weight excluding hydrogens is 276 g/mol. The highest BCUT2D eigenvalue weighted by Gasteiger charge is 2.08. The van der Waals surface area contributed by atoms with E-state index in [4.69, 9.17) is 0 Å². The molecule has 1 aliphatic carbocycles. The van der Waals surface area contributed by atoms with Crippen molar-refractivity contribution in [3.05, 3.63) is 51.8 Å². The average molecular weight is 296 g/mol. The fraction of sp³-hybridized carbons (Fsp3) is 0.333. The number of rotatable bonds is 4. The van der Waals surface area contributed by atoms with Crippen LogP contribution in [0.15, 0.2) is 45.7 Å². The maximum atomic E-state index is 11.8. The predicted octanol–water partition coefficient (Wildman–Crippen LogP) is 3.54. The van der Waals surface area contributed by atoms with Gasteiger partial charge in [-0.25, -0.2) is 0 Å². The highest BCUT2D eigenvalue weighted by Crippen LogP contribution is 2.21. The summed E-state index contributed by atoms with van der Waals surface area (Å²) in [6.07, 6.45) is 9.90. The number of pyridine rings is 1. The lowest BCUT2D eigenvalue weighted by atomic mass is 9.97. The topological polar surface area (TPSA) is 65.5 Å². The van der Waals surface area contributed by atoms with Crippen LogP contribution in [0.5, 0.6) is 5.88 Å². The summed E-state index contributed by atoms with van der Waals surface area (Å²) < 4.78 is 0. The zero-order chi connectivity index (χ0) is 15.4. The second kappa shape index (κ2) is 6.60. The van der Waals surface area contributed by atoms with Crippen molar-refractivity contribution in [1.82, 2.24) is 4.98 Å². The second-order valence-electron chi connectivity index (χ2n) is 5.66. The van der Waals surface area contributed by atoms with Crippen LogP contribution in [0.25, 0.3) is 10.8 Å². The van der Waals surface area contributed by atoms with Gasteiger partial charge in [0.05, 0.1) is 5.56 Å². The fourth-order valence-electron chi connectivity index (χ4n) is 2.91. The third-order valence-electron chi connectivity index (χ3n) is 4.12. The van der Waals surface area contributed by atoms with Gasteiger partial charge in [0.25, 0.3) is 5.56 Å². The van der Waals surface area contributed by atoms with Gasteiger partial charge in [-0.3, -0.25) is 14.8 Å². The smallest absolute Gasteiger partial charge is 0.258 e. The highest BCUT2D eigenvalue weighted by atomic mass is 16.3. The molecule has 4 heteroatoms. The largest absolute Gasteiger partial charge is 0.494 e. The normalized spacial score (nSPS) is 15.4. The fourth-order valence-corrected chi connectivity index (χ4v) is 2.91. The van der Waals surface area contributed by atoms with Crippen LogP contribution in [-0.4, -0.2) is 22.8 Å². The van der Waals surface area contributed by atoms with Crippen LogP contribution in [0.1, 0.15) is 37.7 Å². The van der Waals surface area contributed by atoms with Crippen molar-refractivity contribution in [1.29, 1.82) is 0 Å². The lowest BCUT2D eigenvalue weighted by Gasteiger charge is -2.10. The van der Waals surface area contributed by atoms with Crippen molar-refractivity contribution >= 4 is 17.0 Å². The van der Waals surface area contributed by atoms with Gasteiger partial charge < -0.3 is 5.11 Å². The van der Waals surface area contributed by atoms with Crippen molar-refractivity contribution in [2.24, 2.45) is 4.99 Å². The van der Waals surface area contributed by atoms with E-state index in [1.807, 2.05) is 18.2 Å². The van der Waals surface area contributed by atoms with Gasteiger partial charge in [-0.15, -0.1) is 0 Å². The number of nitrogens with zero attached hydrogens (tertiary/aromatic N) is 1. The summed E-state index contributed by atoms with van der Waals surface area (Å²) in [5.74, 6) is -0.121. The highest BCUT2D eigenvalue weighted by molar-refractivity contribution is 6.01. The molecule has 0 saturated carbocycles. The zero-order valence-electron chi connectivity index (χ0n) is 12.5. The molecule has 22 heavy (non-hydrogen) atoms. The molecular formula is C18H20N2O2. The second-order valence-corrected chi connectivity index (χ2v) is 5.66. The van der Waals surface area contributed by atoms with Crippen LogP contribution < -0.4 is 5.56 Å². The number of fused-ring (bicyclic) bond motifs is 1. The summed E-state index contributed by atoms with van der Waals surface area (Å²) in [7, 11) is 0. The average Bonchev–Trinajstić information content (AvgIpc) is 2.55. The van der Waals surface area contributed by atoms with Crippen molar-refractivity contribution in [3.8, 4) is 5.88 Å². The molecule has 0 amide bonds. The van der Waals surface area contributed by atoms with Crippen LogP contribution in [-0.2, 0) is 0 Å². The summed E-state index contributed by atoms with van der Waals surface area (Å²) >= 11 is 0. The molecule has 0 spiro atoms. The first kappa shape index (κ1) is 14.6. The summed E-state index contributed by atoms with van der Waals surface area (Å²) in [6, 6.07) is 7.24. The molecule has 1 aromatic heterocycles. The van der Waals surface area contributed by atoms with Crippen molar-refractivity contribution in [2.45, 2.75) is 32.1 Å². The summed E-state index contributed by atoms with van der Waals surface area (Å²) in [4.78, 5) is 18.7. The van der Waals surface area contributed by atoms with Crippen LogP contribution in [0.3, 0.4) is 0 Å². The van der Waals surface area contributed by atoms with Crippen LogP contribution in [0, 0.1) is 0 Å². The quantitative estimate of drug-likeness (QED) is 0.669. The van der Waals surface area contributed by atoms with Crippen LogP contribution in [0.4, 0.5) is 0 Å². The molecule has 1 aliphatic rings. The molecule has 1 heterocycles. The van der Waals surface area contributed by atoms with E-state index in [9.17, 15) is 9.90 Å². The summed E-state index contributed by atoms with van der Waals surface area (Å²) in [6.45, 7) is 0.707. The number of hydrogen-bond acceptors (Lipinski definition) is 3. The van der Waals surface area contributed by atoms with E-state index in [2.05, 4.69) is 16.1 Å². The Labute approximate surface area is 129 Å². The van der Waals surface area contributed by atoms with E-state index in [0.29, 0.717) is 17.5 Å². The number of allylic oxidation sites excluding steroid dienone is 1. The molecule has 4 nitrogen and oxygen atoms in total. The van der Waals surface area contributed by atoms with Gasteiger partial charge in [-0.2, -0.15) is 0 Å². The minimum Gasteiger partial charge on any atom is -0.494 e.